The number of aromatic nitrogens is 1. The summed E-state index contributed by atoms with van der Waals surface area (Å²) in [5.41, 5.74) is 0.773. The van der Waals surface area contributed by atoms with E-state index >= 15 is 0 Å². The zero-order valence-corrected chi connectivity index (χ0v) is 13.5. The molecular formula is C15H22BrN3O. The lowest BCUT2D eigenvalue weighted by Gasteiger charge is -2.21. The van der Waals surface area contributed by atoms with Crippen LogP contribution < -0.4 is 5.32 Å². The number of carbonyl (C=O) groups is 1. The third kappa shape index (κ3) is 2.66. The number of rotatable bonds is 4. The Morgan fingerprint density at radius 2 is 2.30 bits per heavy atom. The number of nitrogens with one attached hydrogen (secondary N) is 1. The summed E-state index contributed by atoms with van der Waals surface area (Å²) in [6.45, 7) is 5.35. The number of amides is 1. The second-order valence-corrected chi connectivity index (χ2v) is 6.77. The van der Waals surface area contributed by atoms with Crippen molar-refractivity contribution in [2.24, 2.45) is 0 Å². The van der Waals surface area contributed by atoms with E-state index in [9.17, 15) is 4.79 Å². The van der Waals surface area contributed by atoms with Gasteiger partial charge in [0.15, 0.2) is 0 Å². The lowest BCUT2D eigenvalue weighted by Crippen LogP contribution is -2.42. The van der Waals surface area contributed by atoms with Crippen molar-refractivity contribution in [2.75, 3.05) is 13.1 Å². The molecule has 2 saturated heterocycles. The molecule has 0 spiro atoms. The highest BCUT2D eigenvalue weighted by molar-refractivity contribution is 9.10. The molecule has 0 aliphatic carbocycles. The van der Waals surface area contributed by atoms with Crippen LogP contribution >= 0.6 is 15.9 Å². The summed E-state index contributed by atoms with van der Waals surface area (Å²) >= 11 is 3.47. The lowest BCUT2D eigenvalue weighted by molar-refractivity contribution is 0.0920. The van der Waals surface area contributed by atoms with Crippen LogP contribution in [0.3, 0.4) is 0 Å². The van der Waals surface area contributed by atoms with Crippen molar-refractivity contribution >= 4 is 21.8 Å². The second kappa shape index (κ2) is 5.90. The van der Waals surface area contributed by atoms with Gasteiger partial charge in [-0.2, -0.15) is 0 Å². The highest BCUT2D eigenvalue weighted by Gasteiger charge is 2.38. The van der Waals surface area contributed by atoms with Gasteiger partial charge in [0.1, 0.15) is 5.69 Å². The minimum atomic E-state index is 0.0721. The molecule has 2 aliphatic heterocycles. The van der Waals surface area contributed by atoms with Gasteiger partial charge in [-0.1, -0.05) is 6.92 Å². The maximum atomic E-state index is 12.5. The Morgan fingerprint density at radius 3 is 3.10 bits per heavy atom. The summed E-state index contributed by atoms with van der Waals surface area (Å²) in [5.74, 6) is 0.0721. The largest absolute Gasteiger partial charge is 0.346 e. The predicted octanol–water partition coefficient (Wildman–Crippen LogP) is 2.63. The Morgan fingerprint density at radius 1 is 1.45 bits per heavy atom. The van der Waals surface area contributed by atoms with Gasteiger partial charge in [0, 0.05) is 35.8 Å². The van der Waals surface area contributed by atoms with E-state index in [4.69, 9.17) is 0 Å². The van der Waals surface area contributed by atoms with E-state index in [-0.39, 0.29) is 5.91 Å². The molecule has 2 aliphatic rings. The SMILES string of the molecule is CCCn1cc(Br)cc1C(=O)NC1CCN2CCCC12. The Balaban J connectivity index is 1.70. The Labute approximate surface area is 128 Å². The zero-order chi connectivity index (χ0) is 14.1. The first kappa shape index (κ1) is 14.1. The Bertz CT molecular complexity index is 499. The fourth-order valence-corrected chi connectivity index (χ4v) is 4.05. The van der Waals surface area contributed by atoms with Gasteiger partial charge in [-0.3, -0.25) is 9.69 Å². The first-order valence-corrected chi connectivity index (χ1v) is 8.39. The second-order valence-electron chi connectivity index (χ2n) is 5.85. The van der Waals surface area contributed by atoms with Crippen LogP contribution in [0.5, 0.6) is 0 Å². The van der Waals surface area contributed by atoms with Gasteiger partial charge in [0.2, 0.25) is 0 Å². The standard InChI is InChI=1S/C15H22BrN3O/c1-2-6-19-10-11(16)9-14(19)15(20)17-12-5-8-18-7-3-4-13(12)18/h9-10,12-13H,2-8H2,1H3,(H,17,20). The molecule has 1 N–H and O–H groups in total. The average molecular weight is 340 g/mol. The average Bonchev–Trinajstić information content (AvgIpc) is 3.07. The van der Waals surface area contributed by atoms with E-state index in [0.29, 0.717) is 12.1 Å². The monoisotopic (exact) mass is 339 g/mol. The van der Waals surface area contributed by atoms with E-state index in [0.717, 1.165) is 36.1 Å². The number of nitrogens with zero attached hydrogens (tertiary/aromatic N) is 2. The van der Waals surface area contributed by atoms with Crippen molar-refractivity contribution < 1.29 is 4.79 Å². The molecule has 4 nitrogen and oxygen atoms in total. The van der Waals surface area contributed by atoms with E-state index < -0.39 is 0 Å². The summed E-state index contributed by atoms with van der Waals surface area (Å²) in [6.07, 6.45) is 6.61. The molecule has 20 heavy (non-hydrogen) atoms. The molecule has 0 aromatic carbocycles. The van der Waals surface area contributed by atoms with Crippen molar-refractivity contribution in [3.8, 4) is 0 Å². The molecule has 1 aromatic rings. The maximum Gasteiger partial charge on any atom is 0.268 e. The smallest absolute Gasteiger partial charge is 0.268 e. The topological polar surface area (TPSA) is 37.3 Å². The van der Waals surface area contributed by atoms with Crippen molar-refractivity contribution in [2.45, 2.75) is 51.2 Å². The zero-order valence-electron chi connectivity index (χ0n) is 11.9. The van der Waals surface area contributed by atoms with Crippen LogP contribution in [0.25, 0.3) is 0 Å². The molecular weight excluding hydrogens is 318 g/mol. The van der Waals surface area contributed by atoms with Crippen LogP contribution in [0.1, 0.15) is 43.1 Å². The fourth-order valence-electron chi connectivity index (χ4n) is 3.58. The highest BCUT2D eigenvalue weighted by atomic mass is 79.9. The molecule has 3 heterocycles. The van der Waals surface area contributed by atoms with Gasteiger partial charge < -0.3 is 9.88 Å². The Hall–Kier alpha value is -0.810. The van der Waals surface area contributed by atoms with Crippen molar-refractivity contribution in [1.29, 1.82) is 0 Å². The van der Waals surface area contributed by atoms with E-state index in [1.54, 1.807) is 0 Å². The molecule has 2 fully saturated rings. The highest BCUT2D eigenvalue weighted by Crippen LogP contribution is 2.28. The summed E-state index contributed by atoms with van der Waals surface area (Å²) < 4.78 is 3.02. The van der Waals surface area contributed by atoms with Gasteiger partial charge in [-0.05, 0) is 54.2 Å². The summed E-state index contributed by atoms with van der Waals surface area (Å²) in [5, 5.41) is 3.26. The molecule has 2 atom stereocenters. The number of hydrogen-bond acceptors (Lipinski definition) is 2. The number of aryl methyl sites for hydroxylation is 1. The van der Waals surface area contributed by atoms with Crippen LogP contribution in [0, 0.1) is 0 Å². The molecule has 1 amide bonds. The first-order chi connectivity index (χ1) is 9.69. The molecule has 0 bridgehead atoms. The molecule has 0 saturated carbocycles. The molecule has 3 rings (SSSR count). The fraction of sp³-hybridized carbons (Fsp3) is 0.667. The normalized spacial score (nSPS) is 25.9. The third-order valence-corrected chi connectivity index (χ3v) is 4.92. The minimum absolute atomic E-state index is 0.0721. The van der Waals surface area contributed by atoms with Gasteiger partial charge in [0.25, 0.3) is 5.91 Å². The first-order valence-electron chi connectivity index (χ1n) is 7.59. The van der Waals surface area contributed by atoms with E-state index in [2.05, 4.69) is 33.1 Å². The van der Waals surface area contributed by atoms with Gasteiger partial charge in [-0.25, -0.2) is 0 Å². The van der Waals surface area contributed by atoms with Gasteiger partial charge in [-0.15, -0.1) is 0 Å². The molecule has 1 aromatic heterocycles. The summed E-state index contributed by atoms with van der Waals surface area (Å²) in [4.78, 5) is 15.0. The van der Waals surface area contributed by atoms with Crippen LogP contribution in [0.15, 0.2) is 16.7 Å². The van der Waals surface area contributed by atoms with E-state index in [1.807, 2.05) is 16.8 Å². The van der Waals surface area contributed by atoms with Crippen LogP contribution in [0.2, 0.25) is 0 Å². The van der Waals surface area contributed by atoms with Crippen LogP contribution in [-0.2, 0) is 6.54 Å². The summed E-state index contributed by atoms with van der Waals surface area (Å²) in [6, 6.07) is 2.82. The molecule has 2 unspecified atom stereocenters. The third-order valence-electron chi connectivity index (χ3n) is 4.48. The summed E-state index contributed by atoms with van der Waals surface area (Å²) in [7, 11) is 0. The van der Waals surface area contributed by atoms with Crippen LogP contribution in [-0.4, -0.2) is 40.5 Å². The molecule has 5 heteroatoms. The number of carbonyl (C=O) groups excluding carboxylic acids is 1. The lowest BCUT2D eigenvalue weighted by atomic mass is 10.1. The molecule has 110 valence electrons. The Kier molecular flexibility index (Phi) is 4.17. The van der Waals surface area contributed by atoms with Crippen LogP contribution in [0.4, 0.5) is 0 Å². The molecule has 0 radical (unpaired) electrons. The minimum Gasteiger partial charge on any atom is -0.346 e. The van der Waals surface area contributed by atoms with Crippen molar-refractivity contribution in [3.05, 3.63) is 22.4 Å². The quantitative estimate of drug-likeness (QED) is 0.915. The number of fused-ring (bicyclic) bond motifs is 1. The maximum absolute atomic E-state index is 12.5. The van der Waals surface area contributed by atoms with Crippen molar-refractivity contribution in [3.63, 3.8) is 0 Å². The number of halogens is 1. The number of hydrogen-bond donors (Lipinski definition) is 1. The predicted molar refractivity (Wildman–Crippen MR) is 82.9 cm³/mol. The van der Waals surface area contributed by atoms with Crippen molar-refractivity contribution in [1.82, 2.24) is 14.8 Å². The van der Waals surface area contributed by atoms with Gasteiger partial charge >= 0.3 is 0 Å². The van der Waals surface area contributed by atoms with Gasteiger partial charge in [0.05, 0.1) is 0 Å². The van der Waals surface area contributed by atoms with E-state index in [1.165, 1.54) is 19.4 Å².